The quantitative estimate of drug-likeness (QED) is 0.660. The second kappa shape index (κ2) is 7.53. The number of aliphatic hydroxyl groups excluding tert-OH is 4. The Bertz CT molecular complexity index is 726. The number of benzene rings is 1. The van der Waals surface area contributed by atoms with Crippen molar-refractivity contribution in [2.24, 2.45) is 0 Å². The van der Waals surface area contributed by atoms with Crippen molar-refractivity contribution in [2.45, 2.75) is 50.8 Å². The van der Waals surface area contributed by atoms with E-state index in [4.69, 9.17) is 4.74 Å². The predicted molar refractivity (Wildman–Crippen MR) is 95.8 cm³/mol. The van der Waals surface area contributed by atoms with Crippen LogP contribution in [0.25, 0.3) is 0 Å². The van der Waals surface area contributed by atoms with Crippen molar-refractivity contribution in [2.75, 3.05) is 6.61 Å². The first kappa shape index (κ1) is 18.5. The second-order valence-corrected chi connectivity index (χ2v) is 8.00. The van der Waals surface area contributed by atoms with Gasteiger partial charge in [0, 0.05) is 16.2 Å². The van der Waals surface area contributed by atoms with Crippen LogP contribution in [-0.2, 0) is 11.2 Å². The SMILES string of the molecule is Cc1ccc(Cc2cc([C@@H]3O[C@H](CO)[C@@H](O)[C@H](O)[C@H]3O)ccc2C)s1. The molecule has 1 aromatic heterocycles. The summed E-state index contributed by atoms with van der Waals surface area (Å²) < 4.78 is 5.66. The minimum Gasteiger partial charge on any atom is -0.394 e. The van der Waals surface area contributed by atoms with Gasteiger partial charge in [-0.25, -0.2) is 0 Å². The normalized spacial score (nSPS) is 29.8. The average Bonchev–Trinajstić information content (AvgIpc) is 3.00. The standard InChI is InChI=1S/C19H24O5S/c1-10-3-5-12(7-13(10)8-14-6-4-11(2)25-14)19-18(23)17(22)16(21)15(9-20)24-19/h3-7,15-23H,8-9H2,1-2H3/t15-,16-,17+,18-,19+/m1/s1. The van der Waals surface area contributed by atoms with Crippen LogP contribution in [0.1, 0.15) is 32.5 Å². The van der Waals surface area contributed by atoms with Crippen molar-refractivity contribution in [3.8, 4) is 0 Å². The highest BCUT2D eigenvalue weighted by Crippen LogP contribution is 2.33. The monoisotopic (exact) mass is 364 g/mol. The Labute approximate surface area is 151 Å². The van der Waals surface area contributed by atoms with E-state index < -0.39 is 37.1 Å². The van der Waals surface area contributed by atoms with Crippen LogP contribution in [0.4, 0.5) is 0 Å². The molecule has 0 spiro atoms. The number of aryl methyl sites for hydroxylation is 2. The van der Waals surface area contributed by atoms with Crippen molar-refractivity contribution in [1.29, 1.82) is 0 Å². The fourth-order valence-electron chi connectivity index (χ4n) is 3.20. The molecule has 0 radical (unpaired) electrons. The predicted octanol–water partition coefficient (Wildman–Crippen LogP) is 1.47. The Balaban J connectivity index is 1.88. The van der Waals surface area contributed by atoms with Crippen molar-refractivity contribution in [3.05, 3.63) is 56.8 Å². The zero-order valence-electron chi connectivity index (χ0n) is 14.3. The van der Waals surface area contributed by atoms with Crippen molar-refractivity contribution in [1.82, 2.24) is 0 Å². The maximum absolute atomic E-state index is 10.3. The van der Waals surface area contributed by atoms with Crippen molar-refractivity contribution >= 4 is 11.3 Å². The van der Waals surface area contributed by atoms with E-state index in [-0.39, 0.29) is 0 Å². The molecule has 0 unspecified atom stereocenters. The lowest BCUT2D eigenvalue weighted by atomic mass is 9.89. The molecule has 2 aromatic rings. The van der Waals surface area contributed by atoms with Gasteiger partial charge in [0.25, 0.3) is 0 Å². The Kier molecular flexibility index (Phi) is 5.58. The number of rotatable bonds is 4. The third-order valence-electron chi connectivity index (χ3n) is 4.75. The first-order chi connectivity index (χ1) is 11.9. The minimum atomic E-state index is -1.36. The molecule has 6 heteroatoms. The summed E-state index contributed by atoms with van der Waals surface area (Å²) in [6.07, 6.45) is -4.85. The Morgan fingerprint density at radius 2 is 1.76 bits per heavy atom. The summed E-state index contributed by atoms with van der Waals surface area (Å²) in [5, 5.41) is 39.6. The Morgan fingerprint density at radius 3 is 2.40 bits per heavy atom. The van der Waals surface area contributed by atoms with E-state index in [0.29, 0.717) is 0 Å². The van der Waals surface area contributed by atoms with E-state index in [0.717, 1.165) is 23.1 Å². The van der Waals surface area contributed by atoms with Gasteiger partial charge in [-0.2, -0.15) is 0 Å². The van der Waals surface area contributed by atoms with Crippen LogP contribution in [0.15, 0.2) is 30.3 Å². The molecule has 25 heavy (non-hydrogen) atoms. The van der Waals surface area contributed by atoms with Crippen LogP contribution in [0, 0.1) is 13.8 Å². The topological polar surface area (TPSA) is 90.2 Å². The lowest BCUT2D eigenvalue weighted by Crippen LogP contribution is -2.55. The zero-order chi connectivity index (χ0) is 18.1. The summed E-state index contributed by atoms with van der Waals surface area (Å²) >= 11 is 1.75. The maximum Gasteiger partial charge on any atom is 0.113 e. The molecule has 1 aliphatic heterocycles. The van der Waals surface area contributed by atoms with Gasteiger partial charge < -0.3 is 25.2 Å². The molecule has 5 atom stereocenters. The van der Waals surface area contributed by atoms with Gasteiger partial charge in [0.15, 0.2) is 0 Å². The summed E-state index contributed by atoms with van der Waals surface area (Å²) in [6.45, 7) is 3.69. The molecule has 4 N–H and O–H groups in total. The van der Waals surface area contributed by atoms with Crippen LogP contribution in [0.3, 0.4) is 0 Å². The Morgan fingerprint density at radius 1 is 1.00 bits per heavy atom. The number of hydrogen-bond acceptors (Lipinski definition) is 6. The number of thiophene rings is 1. The largest absolute Gasteiger partial charge is 0.394 e. The molecule has 1 saturated heterocycles. The summed E-state index contributed by atoms with van der Waals surface area (Å²) in [6, 6.07) is 9.99. The zero-order valence-corrected chi connectivity index (χ0v) is 15.1. The van der Waals surface area contributed by atoms with Gasteiger partial charge in [0.05, 0.1) is 6.61 Å². The first-order valence-electron chi connectivity index (χ1n) is 8.36. The molecule has 1 aliphatic rings. The molecule has 0 saturated carbocycles. The van der Waals surface area contributed by atoms with Gasteiger partial charge >= 0.3 is 0 Å². The third kappa shape index (κ3) is 3.79. The van der Waals surface area contributed by atoms with E-state index in [2.05, 4.69) is 19.1 Å². The lowest BCUT2D eigenvalue weighted by molar-refractivity contribution is -0.231. The molecule has 0 bridgehead atoms. The summed E-state index contributed by atoms with van der Waals surface area (Å²) in [4.78, 5) is 2.52. The van der Waals surface area contributed by atoms with E-state index >= 15 is 0 Å². The minimum absolute atomic E-state index is 0.422. The lowest BCUT2D eigenvalue weighted by Gasteiger charge is -2.40. The summed E-state index contributed by atoms with van der Waals surface area (Å²) in [5.41, 5.74) is 2.99. The molecular formula is C19H24O5S. The molecule has 2 heterocycles. The number of hydrogen-bond donors (Lipinski definition) is 4. The molecule has 5 nitrogen and oxygen atoms in total. The van der Waals surface area contributed by atoms with Crippen LogP contribution in [-0.4, -0.2) is 51.4 Å². The van der Waals surface area contributed by atoms with Gasteiger partial charge in [-0.05, 0) is 42.7 Å². The van der Waals surface area contributed by atoms with Gasteiger partial charge in [0.2, 0.25) is 0 Å². The second-order valence-electron chi connectivity index (χ2n) is 6.62. The van der Waals surface area contributed by atoms with E-state index in [9.17, 15) is 20.4 Å². The van der Waals surface area contributed by atoms with Gasteiger partial charge in [0.1, 0.15) is 30.5 Å². The van der Waals surface area contributed by atoms with Crippen LogP contribution < -0.4 is 0 Å². The summed E-state index contributed by atoms with van der Waals surface area (Å²) in [5.74, 6) is 0. The third-order valence-corrected chi connectivity index (χ3v) is 5.76. The maximum atomic E-state index is 10.3. The molecule has 3 rings (SSSR count). The fraction of sp³-hybridized carbons (Fsp3) is 0.474. The van der Waals surface area contributed by atoms with E-state index in [1.54, 1.807) is 11.3 Å². The Hall–Kier alpha value is -1.28. The highest BCUT2D eigenvalue weighted by atomic mass is 32.1. The molecular weight excluding hydrogens is 340 g/mol. The van der Waals surface area contributed by atoms with Crippen LogP contribution in [0.5, 0.6) is 0 Å². The van der Waals surface area contributed by atoms with Gasteiger partial charge in [-0.3, -0.25) is 0 Å². The average molecular weight is 364 g/mol. The fourth-order valence-corrected chi connectivity index (χ4v) is 4.12. The first-order valence-corrected chi connectivity index (χ1v) is 9.17. The molecule has 136 valence electrons. The van der Waals surface area contributed by atoms with E-state index in [1.807, 2.05) is 25.1 Å². The van der Waals surface area contributed by atoms with Crippen LogP contribution in [0.2, 0.25) is 0 Å². The van der Waals surface area contributed by atoms with E-state index in [1.165, 1.54) is 9.75 Å². The molecule has 1 fully saturated rings. The van der Waals surface area contributed by atoms with Crippen LogP contribution >= 0.6 is 11.3 Å². The highest BCUT2D eigenvalue weighted by Gasteiger charge is 2.43. The summed E-state index contributed by atoms with van der Waals surface area (Å²) in [7, 11) is 0. The molecule has 0 amide bonds. The smallest absolute Gasteiger partial charge is 0.113 e. The van der Waals surface area contributed by atoms with Crippen molar-refractivity contribution < 1.29 is 25.2 Å². The number of aliphatic hydroxyl groups is 4. The van der Waals surface area contributed by atoms with Crippen molar-refractivity contribution in [3.63, 3.8) is 0 Å². The number of ether oxygens (including phenoxy) is 1. The van der Waals surface area contributed by atoms with Gasteiger partial charge in [-0.1, -0.05) is 18.2 Å². The van der Waals surface area contributed by atoms with Gasteiger partial charge in [-0.15, -0.1) is 11.3 Å². The molecule has 1 aromatic carbocycles. The molecule has 0 aliphatic carbocycles. The highest BCUT2D eigenvalue weighted by molar-refractivity contribution is 7.11.